The van der Waals surface area contributed by atoms with Crippen LogP contribution >= 0.6 is 23.4 Å². The Morgan fingerprint density at radius 2 is 2.04 bits per heavy atom. The summed E-state index contributed by atoms with van der Waals surface area (Å²) in [6.45, 7) is 7.92. The molecule has 1 atom stereocenters. The van der Waals surface area contributed by atoms with E-state index in [0.29, 0.717) is 23.8 Å². The molecule has 0 saturated heterocycles. The maximum absolute atomic E-state index is 11.9. The highest BCUT2D eigenvalue weighted by atomic mass is 35.5. The van der Waals surface area contributed by atoms with Crippen molar-refractivity contribution in [1.82, 2.24) is 9.97 Å². The number of aromatic nitrogens is 2. The van der Waals surface area contributed by atoms with Crippen molar-refractivity contribution in [1.29, 1.82) is 0 Å². The van der Waals surface area contributed by atoms with Crippen molar-refractivity contribution < 1.29 is 9.90 Å². The zero-order chi connectivity index (χ0) is 19.3. The monoisotopic (exact) mass is 393 g/mol. The first-order valence-corrected chi connectivity index (χ1v) is 9.81. The molecule has 1 heterocycles. The lowest BCUT2D eigenvalue weighted by Crippen LogP contribution is -2.34. The van der Waals surface area contributed by atoms with E-state index in [4.69, 9.17) is 11.6 Å². The Kier molecular flexibility index (Phi) is 6.89. The summed E-state index contributed by atoms with van der Waals surface area (Å²) < 4.78 is -0.948. The van der Waals surface area contributed by atoms with Gasteiger partial charge in [0.25, 0.3) is 0 Å². The lowest BCUT2D eigenvalue weighted by atomic mass is 10.00. The third-order valence-corrected chi connectivity index (χ3v) is 6.06. The molecule has 7 heteroatoms. The summed E-state index contributed by atoms with van der Waals surface area (Å²) in [6.07, 6.45) is 1.79. The standard InChI is InChI=1S/C19H24ClN3O2S/c1-5-10-19(6-2,17(24)25)26-18-22-15(20)11-16(23-18)21-14-9-7-8-12(3)13(14)4/h7-9,11H,5-6,10H2,1-4H3,(H,24,25)(H,21,22,23). The van der Waals surface area contributed by atoms with Gasteiger partial charge >= 0.3 is 5.97 Å². The molecule has 0 bridgehead atoms. The van der Waals surface area contributed by atoms with Gasteiger partial charge in [0.15, 0.2) is 5.16 Å². The van der Waals surface area contributed by atoms with Gasteiger partial charge < -0.3 is 10.4 Å². The van der Waals surface area contributed by atoms with E-state index in [-0.39, 0.29) is 5.15 Å². The molecule has 0 saturated carbocycles. The van der Waals surface area contributed by atoms with Crippen LogP contribution in [0.15, 0.2) is 29.4 Å². The zero-order valence-electron chi connectivity index (χ0n) is 15.5. The van der Waals surface area contributed by atoms with Crippen LogP contribution in [-0.2, 0) is 4.79 Å². The van der Waals surface area contributed by atoms with Crippen molar-refractivity contribution >= 4 is 40.8 Å². The molecule has 0 aliphatic carbocycles. The largest absolute Gasteiger partial charge is 0.480 e. The highest BCUT2D eigenvalue weighted by Gasteiger charge is 2.38. The number of halogens is 1. The van der Waals surface area contributed by atoms with Gasteiger partial charge in [-0.15, -0.1) is 0 Å². The number of benzene rings is 1. The van der Waals surface area contributed by atoms with Crippen LogP contribution in [0.2, 0.25) is 5.15 Å². The first-order chi connectivity index (χ1) is 12.3. The van der Waals surface area contributed by atoms with Crippen molar-refractivity contribution in [3.05, 3.63) is 40.5 Å². The Hall–Kier alpha value is -1.79. The van der Waals surface area contributed by atoms with Crippen molar-refractivity contribution in [2.45, 2.75) is 56.9 Å². The summed E-state index contributed by atoms with van der Waals surface area (Å²) >= 11 is 7.33. The minimum Gasteiger partial charge on any atom is -0.480 e. The van der Waals surface area contributed by atoms with Gasteiger partial charge in [0.2, 0.25) is 0 Å². The first-order valence-electron chi connectivity index (χ1n) is 8.61. The summed E-state index contributed by atoms with van der Waals surface area (Å²) in [7, 11) is 0. The number of carbonyl (C=O) groups is 1. The number of anilines is 2. The molecule has 2 N–H and O–H groups in total. The number of carboxylic acids is 1. The van der Waals surface area contributed by atoms with E-state index < -0.39 is 10.7 Å². The number of hydrogen-bond acceptors (Lipinski definition) is 5. The molecule has 0 amide bonds. The molecule has 140 valence electrons. The van der Waals surface area contributed by atoms with Crippen LogP contribution in [0.4, 0.5) is 11.5 Å². The van der Waals surface area contributed by atoms with E-state index >= 15 is 0 Å². The second-order valence-corrected chi connectivity index (χ2v) is 7.97. The van der Waals surface area contributed by atoms with E-state index in [1.807, 2.05) is 45.9 Å². The minimum atomic E-state index is -0.948. The number of aryl methyl sites for hydroxylation is 1. The predicted octanol–water partition coefficient (Wildman–Crippen LogP) is 5.62. The number of thioether (sulfide) groups is 1. The Balaban J connectivity index is 2.34. The molecule has 0 fully saturated rings. The van der Waals surface area contributed by atoms with Crippen molar-refractivity contribution in [2.24, 2.45) is 0 Å². The van der Waals surface area contributed by atoms with E-state index in [1.54, 1.807) is 6.07 Å². The Morgan fingerprint density at radius 1 is 1.31 bits per heavy atom. The van der Waals surface area contributed by atoms with Gasteiger partial charge in [-0.3, -0.25) is 4.79 Å². The highest BCUT2D eigenvalue weighted by Crippen LogP contribution is 2.39. The molecule has 26 heavy (non-hydrogen) atoms. The zero-order valence-corrected chi connectivity index (χ0v) is 17.0. The topological polar surface area (TPSA) is 75.1 Å². The first kappa shape index (κ1) is 20.5. The smallest absolute Gasteiger partial charge is 0.320 e. The van der Waals surface area contributed by atoms with E-state index in [2.05, 4.69) is 15.3 Å². The number of hydrogen-bond donors (Lipinski definition) is 2. The van der Waals surface area contributed by atoms with Crippen LogP contribution in [0.3, 0.4) is 0 Å². The van der Waals surface area contributed by atoms with Crippen molar-refractivity contribution in [3.63, 3.8) is 0 Å². The van der Waals surface area contributed by atoms with Gasteiger partial charge in [0.05, 0.1) is 0 Å². The molecule has 1 aromatic carbocycles. The predicted molar refractivity (Wildman–Crippen MR) is 108 cm³/mol. The molecule has 0 spiro atoms. The van der Waals surface area contributed by atoms with Crippen LogP contribution in [0.25, 0.3) is 0 Å². The maximum atomic E-state index is 11.9. The summed E-state index contributed by atoms with van der Waals surface area (Å²) in [4.78, 5) is 20.6. The molecule has 0 aliphatic heterocycles. The van der Waals surface area contributed by atoms with Crippen LogP contribution in [-0.4, -0.2) is 25.8 Å². The molecule has 1 unspecified atom stereocenters. The number of nitrogens with zero attached hydrogens (tertiary/aromatic N) is 2. The summed E-state index contributed by atoms with van der Waals surface area (Å²) in [5.41, 5.74) is 3.23. The minimum absolute atomic E-state index is 0.280. The molecule has 1 aromatic heterocycles. The molecule has 0 radical (unpaired) electrons. The molecule has 0 aliphatic rings. The van der Waals surface area contributed by atoms with Crippen LogP contribution < -0.4 is 5.32 Å². The van der Waals surface area contributed by atoms with Gasteiger partial charge in [-0.1, -0.05) is 55.8 Å². The molecule has 2 aromatic rings. The van der Waals surface area contributed by atoms with Crippen molar-refractivity contribution in [2.75, 3.05) is 5.32 Å². The number of carboxylic acid groups (broad SMARTS) is 1. The molecular weight excluding hydrogens is 370 g/mol. The maximum Gasteiger partial charge on any atom is 0.320 e. The summed E-state index contributed by atoms with van der Waals surface area (Å²) in [6, 6.07) is 7.62. The Morgan fingerprint density at radius 3 is 2.65 bits per heavy atom. The number of aliphatic carboxylic acids is 1. The van der Waals surface area contributed by atoms with Gasteiger partial charge in [-0.05, 0) is 43.9 Å². The second kappa shape index (κ2) is 8.73. The third kappa shape index (κ3) is 4.68. The fourth-order valence-corrected chi connectivity index (χ4v) is 4.12. The quantitative estimate of drug-likeness (QED) is 0.344. The number of nitrogens with one attached hydrogen (secondary N) is 1. The number of rotatable bonds is 8. The van der Waals surface area contributed by atoms with Crippen LogP contribution in [0.5, 0.6) is 0 Å². The lowest BCUT2D eigenvalue weighted by molar-refractivity contribution is -0.140. The highest BCUT2D eigenvalue weighted by molar-refractivity contribution is 8.01. The molecule has 5 nitrogen and oxygen atoms in total. The normalized spacial score (nSPS) is 13.3. The van der Waals surface area contributed by atoms with Crippen LogP contribution in [0.1, 0.15) is 44.2 Å². The third-order valence-electron chi connectivity index (χ3n) is 4.44. The van der Waals surface area contributed by atoms with E-state index in [0.717, 1.165) is 17.7 Å². The van der Waals surface area contributed by atoms with E-state index in [1.165, 1.54) is 17.3 Å². The Bertz CT molecular complexity index is 800. The van der Waals surface area contributed by atoms with Crippen molar-refractivity contribution in [3.8, 4) is 0 Å². The summed E-state index contributed by atoms with van der Waals surface area (Å²) in [5.74, 6) is -0.299. The van der Waals surface area contributed by atoms with Gasteiger partial charge in [-0.2, -0.15) is 0 Å². The Labute approximate surface area is 163 Å². The molecular formula is C19H24ClN3O2S. The fraction of sp³-hybridized carbons (Fsp3) is 0.421. The molecule has 2 rings (SSSR count). The average molecular weight is 394 g/mol. The van der Waals surface area contributed by atoms with Gasteiger partial charge in [0.1, 0.15) is 15.7 Å². The average Bonchev–Trinajstić information content (AvgIpc) is 2.58. The van der Waals surface area contributed by atoms with Gasteiger partial charge in [-0.25, -0.2) is 9.97 Å². The van der Waals surface area contributed by atoms with Crippen LogP contribution in [0, 0.1) is 13.8 Å². The SMILES string of the molecule is CCCC(CC)(Sc1nc(Cl)cc(Nc2cccc(C)c2C)n1)C(=O)O. The van der Waals surface area contributed by atoms with Gasteiger partial charge in [0, 0.05) is 11.8 Å². The van der Waals surface area contributed by atoms with E-state index in [9.17, 15) is 9.90 Å². The summed E-state index contributed by atoms with van der Waals surface area (Å²) in [5, 5.41) is 13.6. The lowest BCUT2D eigenvalue weighted by Gasteiger charge is -2.26. The fourth-order valence-electron chi connectivity index (χ4n) is 2.71. The second-order valence-electron chi connectivity index (χ2n) is 6.24.